The van der Waals surface area contributed by atoms with Crippen LogP contribution in [0.2, 0.25) is 0 Å². The van der Waals surface area contributed by atoms with E-state index >= 15 is 0 Å². The number of benzene rings is 3. The molecule has 1 aromatic heterocycles. The molecule has 32 heavy (non-hydrogen) atoms. The zero-order chi connectivity index (χ0) is 21.9. The molecule has 4 aromatic rings. The minimum Gasteiger partial charge on any atom is -0.497 e. The lowest BCUT2D eigenvalue weighted by Gasteiger charge is -2.31. The van der Waals surface area contributed by atoms with Crippen LogP contribution in [0.3, 0.4) is 0 Å². The Morgan fingerprint density at radius 2 is 1.38 bits per heavy atom. The van der Waals surface area contributed by atoms with Gasteiger partial charge in [0.15, 0.2) is 0 Å². The number of para-hydroxylation sites is 2. The van der Waals surface area contributed by atoms with E-state index in [4.69, 9.17) is 4.74 Å². The van der Waals surface area contributed by atoms with Gasteiger partial charge in [0.05, 0.1) is 13.7 Å². The number of aliphatic hydroxyl groups is 1. The number of aromatic nitrogens is 1. The summed E-state index contributed by atoms with van der Waals surface area (Å²) in [6, 6.07) is 25.4. The summed E-state index contributed by atoms with van der Waals surface area (Å²) in [5, 5.41) is 13.5. The van der Waals surface area contributed by atoms with Gasteiger partial charge in [0.25, 0.3) is 0 Å². The average molecular weight is 432 g/mol. The quantitative estimate of drug-likeness (QED) is 0.411. The molecule has 3 N–H and O–H groups in total. The van der Waals surface area contributed by atoms with E-state index in [1.165, 1.54) is 32.3 Å². The maximum absolute atomic E-state index is 11.0. The van der Waals surface area contributed by atoms with Crippen LogP contribution >= 0.6 is 0 Å². The van der Waals surface area contributed by atoms with Crippen LogP contribution < -0.4 is 14.5 Å². The van der Waals surface area contributed by atoms with Crippen molar-refractivity contribution in [3.8, 4) is 5.75 Å². The maximum atomic E-state index is 11.0. The molecule has 0 radical (unpaired) electrons. The predicted octanol–water partition coefficient (Wildman–Crippen LogP) is 1.15. The van der Waals surface area contributed by atoms with Crippen LogP contribution in [0.4, 0.5) is 0 Å². The van der Waals surface area contributed by atoms with Crippen LogP contribution in [0.1, 0.15) is 5.56 Å². The Morgan fingerprint density at radius 1 is 0.812 bits per heavy atom. The van der Waals surface area contributed by atoms with Gasteiger partial charge in [-0.2, -0.15) is 0 Å². The number of nitrogens with one attached hydrogen (secondary N) is 2. The monoisotopic (exact) mass is 431 g/mol. The van der Waals surface area contributed by atoms with Gasteiger partial charge in [-0.3, -0.25) is 0 Å². The van der Waals surface area contributed by atoms with E-state index in [2.05, 4.69) is 65.2 Å². The summed E-state index contributed by atoms with van der Waals surface area (Å²) in [6.07, 6.45) is -0.354. The summed E-state index contributed by atoms with van der Waals surface area (Å²) in [5.41, 5.74) is 3.77. The van der Waals surface area contributed by atoms with Gasteiger partial charge < -0.3 is 24.2 Å². The molecule has 0 bridgehead atoms. The normalized spacial score (nSPS) is 19.9. The molecule has 0 spiro atoms. The third-order valence-corrected chi connectivity index (χ3v) is 6.87. The second-order valence-electron chi connectivity index (χ2n) is 9.03. The standard InChI is InChI=1S/C27H31N3O2/c1-32-23-12-10-21(11-13-23)18-28-14-16-29(17-15-28)19-22(31)20-30-26-8-4-2-6-24(26)25-7-3-5-9-27(25)30/h2-13,22,31H,14-20H2,1H3/p+2/t22-/m0/s1. The molecule has 3 aromatic carbocycles. The van der Waals surface area contributed by atoms with Crippen molar-refractivity contribution in [2.24, 2.45) is 0 Å². The lowest BCUT2D eigenvalue weighted by Crippen LogP contribution is -3.28. The highest BCUT2D eigenvalue weighted by Gasteiger charge is 2.25. The fourth-order valence-corrected chi connectivity index (χ4v) is 5.18. The van der Waals surface area contributed by atoms with Crippen molar-refractivity contribution in [1.29, 1.82) is 0 Å². The number of fused-ring (bicyclic) bond motifs is 3. The molecule has 1 atom stereocenters. The molecule has 0 amide bonds. The maximum Gasteiger partial charge on any atom is 0.127 e. The third kappa shape index (κ3) is 4.37. The summed E-state index contributed by atoms with van der Waals surface area (Å²) in [6.45, 7) is 7.00. The largest absolute Gasteiger partial charge is 0.497 e. The molecular formula is C27H33N3O2+2. The van der Waals surface area contributed by atoms with Crippen molar-refractivity contribution in [2.45, 2.75) is 19.2 Å². The Labute approximate surface area is 189 Å². The Morgan fingerprint density at radius 3 is 1.97 bits per heavy atom. The first-order valence-electron chi connectivity index (χ1n) is 11.7. The number of rotatable bonds is 7. The Bertz CT molecular complexity index is 1120. The zero-order valence-electron chi connectivity index (χ0n) is 18.8. The second-order valence-corrected chi connectivity index (χ2v) is 9.03. The molecule has 0 aliphatic carbocycles. The molecule has 5 nitrogen and oxygen atoms in total. The van der Waals surface area contributed by atoms with Crippen molar-refractivity contribution in [2.75, 3.05) is 39.8 Å². The lowest BCUT2D eigenvalue weighted by molar-refractivity contribution is -1.02. The number of hydrogen-bond donors (Lipinski definition) is 3. The second kappa shape index (κ2) is 9.33. The summed E-state index contributed by atoms with van der Waals surface area (Å²) < 4.78 is 7.55. The van der Waals surface area contributed by atoms with Gasteiger partial charge in [0.1, 0.15) is 51.1 Å². The highest BCUT2D eigenvalue weighted by molar-refractivity contribution is 6.07. The smallest absolute Gasteiger partial charge is 0.127 e. The van der Waals surface area contributed by atoms with Crippen molar-refractivity contribution in [3.63, 3.8) is 0 Å². The van der Waals surface area contributed by atoms with E-state index in [-0.39, 0.29) is 6.10 Å². The van der Waals surface area contributed by atoms with Gasteiger partial charge in [-0.1, -0.05) is 36.4 Å². The summed E-state index contributed by atoms with van der Waals surface area (Å²) >= 11 is 0. The van der Waals surface area contributed by atoms with Crippen LogP contribution in [-0.4, -0.2) is 55.6 Å². The zero-order valence-corrected chi connectivity index (χ0v) is 18.8. The SMILES string of the molecule is COc1ccc(C[NH+]2CC[NH+](C[C@H](O)Cn3c4ccccc4c4ccccc43)CC2)cc1. The number of quaternary nitrogens is 2. The van der Waals surface area contributed by atoms with Gasteiger partial charge in [-0.05, 0) is 36.4 Å². The number of methoxy groups -OCH3 is 1. The predicted molar refractivity (Wildman–Crippen MR) is 128 cm³/mol. The number of hydrogen-bond acceptors (Lipinski definition) is 2. The van der Waals surface area contributed by atoms with Crippen molar-refractivity contribution in [1.82, 2.24) is 4.57 Å². The van der Waals surface area contributed by atoms with E-state index in [0.717, 1.165) is 45.0 Å². The van der Waals surface area contributed by atoms with Gasteiger partial charge in [-0.15, -0.1) is 0 Å². The molecule has 5 rings (SSSR count). The van der Waals surface area contributed by atoms with Crippen LogP contribution in [-0.2, 0) is 13.1 Å². The van der Waals surface area contributed by atoms with E-state index in [1.54, 1.807) is 12.0 Å². The minimum atomic E-state index is -0.354. The first-order valence-corrected chi connectivity index (χ1v) is 11.7. The first kappa shape index (κ1) is 21.0. The van der Waals surface area contributed by atoms with Crippen LogP contribution in [0, 0.1) is 0 Å². The molecule has 2 heterocycles. The Balaban J connectivity index is 1.19. The summed E-state index contributed by atoms with van der Waals surface area (Å²) in [5.74, 6) is 0.912. The number of ether oxygens (including phenoxy) is 1. The summed E-state index contributed by atoms with van der Waals surface area (Å²) in [7, 11) is 1.71. The van der Waals surface area contributed by atoms with Gasteiger partial charge in [0.2, 0.25) is 0 Å². The third-order valence-electron chi connectivity index (χ3n) is 6.87. The van der Waals surface area contributed by atoms with Gasteiger partial charge in [0, 0.05) is 27.4 Å². The highest BCUT2D eigenvalue weighted by Crippen LogP contribution is 2.28. The van der Waals surface area contributed by atoms with E-state index in [1.807, 2.05) is 12.1 Å². The van der Waals surface area contributed by atoms with Gasteiger partial charge >= 0.3 is 0 Å². The van der Waals surface area contributed by atoms with E-state index in [9.17, 15) is 5.11 Å². The number of aliphatic hydroxyl groups excluding tert-OH is 1. The molecule has 0 saturated carbocycles. The first-order chi connectivity index (χ1) is 15.7. The molecule has 1 aliphatic rings. The molecule has 0 unspecified atom stereocenters. The van der Waals surface area contributed by atoms with Crippen LogP contribution in [0.25, 0.3) is 21.8 Å². The fourth-order valence-electron chi connectivity index (χ4n) is 5.18. The van der Waals surface area contributed by atoms with Crippen molar-refractivity contribution < 1.29 is 19.6 Å². The van der Waals surface area contributed by atoms with Crippen LogP contribution in [0.15, 0.2) is 72.8 Å². The Hall–Kier alpha value is -2.86. The van der Waals surface area contributed by atoms with Gasteiger partial charge in [-0.25, -0.2) is 0 Å². The molecule has 1 fully saturated rings. The average Bonchev–Trinajstić information content (AvgIpc) is 3.15. The van der Waals surface area contributed by atoms with E-state index in [0.29, 0.717) is 6.54 Å². The summed E-state index contributed by atoms with van der Waals surface area (Å²) in [4.78, 5) is 3.13. The molecule has 166 valence electrons. The highest BCUT2D eigenvalue weighted by atomic mass is 16.5. The molecular weight excluding hydrogens is 398 g/mol. The fraction of sp³-hybridized carbons (Fsp3) is 0.333. The van der Waals surface area contributed by atoms with E-state index < -0.39 is 0 Å². The minimum absolute atomic E-state index is 0.354. The lowest BCUT2D eigenvalue weighted by atomic mass is 10.2. The molecule has 1 saturated heterocycles. The molecule has 1 aliphatic heterocycles. The van der Waals surface area contributed by atoms with Crippen LogP contribution in [0.5, 0.6) is 5.75 Å². The number of piperazine rings is 1. The molecule has 5 heteroatoms. The topological polar surface area (TPSA) is 43.3 Å². The number of nitrogens with zero attached hydrogens (tertiary/aromatic N) is 1. The van der Waals surface area contributed by atoms with Crippen molar-refractivity contribution in [3.05, 3.63) is 78.4 Å². The van der Waals surface area contributed by atoms with Crippen molar-refractivity contribution >= 4 is 21.8 Å². The Kier molecular flexibility index (Phi) is 6.12.